The average Bonchev–Trinajstić information content (AvgIpc) is 2.38. The molecular formula is C15H21NO3. The van der Waals surface area contributed by atoms with Gasteiger partial charge in [0, 0.05) is 0 Å². The van der Waals surface area contributed by atoms with Crippen LogP contribution in [0.4, 0.5) is 0 Å². The highest BCUT2D eigenvalue weighted by molar-refractivity contribution is 5.90. The number of rotatable bonds is 6. The number of nitrogens with one attached hydrogen (secondary N) is 1. The van der Waals surface area contributed by atoms with E-state index in [1.54, 1.807) is 13.8 Å². The molecule has 0 aliphatic carbocycles. The largest absolute Gasteiger partial charge is 0.480 e. The van der Waals surface area contributed by atoms with E-state index in [2.05, 4.69) is 5.32 Å². The van der Waals surface area contributed by atoms with Crippen LogP contribution in [0.5, 0.6) is 0 Å². The first-order valence-electron chi connectivity index (χ1n) is 6.49. The summed E-state index contributed by atoms with van der Waals surface area (Å²) in [4.78, 5) is 23.4. The van der Waals surface area contributed by atoms with Gasteiger partial charge in [-0.1, -0.05) is 43.7 Å². The zero-order chi connectivity index (χ0) is 14.5. The molecule has 1 aromatic carbocycles. The SMILES string of the molecule is CCC[C@@H](NC(=O)C(C)(C)c1ccccc1)C(=O)O. The number of benzene rings is 1. The lowest BCUT2D eigenvalue weighted by Crippen LogP contribution is -2.48. The molecule has 0 aliphatic heterocycles. The molecule has 1 rings (SSSR count). The fraction of sp³-hybridized carbons (Fsp3) is 0.467. The lowest BCUT2D eigenvalue weighted by Gasteiger charge is -2.26. The Hall–Kier alpha value is -1.84. The van der Waals surface area contributed by atoms with Gasteiger partial charge in [0.25, 0.3) is 0 Å². The van der Waals surface area contributed by atoms with Gasteiger partial charge in [0.2, 0.25) is 5.91 Å². The van der Waals surface area contributed by atoms with Crippen LogP contribution >= 0.6 is 0 Å². The maximum atomic E-state index is 12.3. The second-order valence-electron chi connectivity index (χ2n) is 5.14. The molecule has 0 saturated heterocycles. The zero-order valence-electron chi connectivity index (χ0n) is 11.6. The Labute approximate surface area is 113 Å². The van der Waals surface area contributed by atoms with E-state index in [0.29, 0.717) is 12.8 Å². The summed E-state index contributed by atoms with van der Waals surface area (Å²) in [5.74, 6) is -1.25. The van der Waals surface area contributed by atoms with E-state index in [9.17, 15) is 9.59 Å². The van der Waals surface area contributed by atoms with Gasteiger partial charge < -0.3 is 10.4 Å². The molecule has 1 aromatic rings. The van der Waals surface area contributed by atoms with Gasteiger partial charge in [0.1, 0.15) is 6.04 Å². The minimum absolute atomic E-state index is 0.264. The van der Waals surface area contributed by atoms with E-state index < -0.39 is 17.4 Å². The van der Waals surface area contributed by atoms with Crippen LogP contribution in [0.3, 0.4) is 0 Å². The standard InChI is InChI=1S/C15H21NO3/c1-4-8-12(13(17)18)16-14(19)15(2,3)11-9-6-5-7-10-11/h5-7,9-10,12H,4,8H2,1-3H3,(H,16,19)(H,17,18)/t12-/m1/s1. The highest BCUT2D eigenvalue weighted by Gasteiger charge is 2.32. The smallest absolute Gasteiger partial charge is 0.326 e. The van der Waals surface area contributed by atoms with Crippen LogP contribution in [0.1, 0.15) is 39.2 Å². The molecule has 104 valence electrons. The Kier molecular flexibility index (Phi) is 5.10. The first-order chi connectivity index (χ1) is 8.89. The average molecular weight is 263 g/mol. The molecule has 19 heavy (non-hydrogen) atoms. The van der Waals surface area contributed by atoms with Crippen molar-refractivity contribution in [3.8, 4) is 0 Å². The van der Waals surface area contributed by atoms with Gasteiger partial charge in [0.05, 0.1) is 5.41 Å². The van der Waals surface area contributed by atoms with Crippen molar-refractivity contribution in [3.63, 3.8) is 0 Å². The quantitative estimate of drug-likeness (QED) is 0.827. The first-order valence-corrected chi connectivity index (χ1v) is 6.49. The summed E-state index contributed by atoms with van der Waals surface area (Å²) >= 11 is 0. The number of carboxylic acid groups (broad SMARTS) is 1. The van der Waals surface area contributed by atoms with Crippen LogP contribution in [0, 0.1) is 0 Å². The normalized spacial score (nSPS) is 12.8. The van der Waals surface area contributed by atoms with E-state index in [0.717, 1.165) is 5.56 Å². The molecule has 0 unspecified atom stereocenters. The van der Waals surface area contributed by atoms with Gasteiger partial charge in [-0.15, -0.1) is 0 Å². The number of aliphatic carboxylic acids is 1. The van der Waals surface area contributed by atoms with Gasteiger partial charge in [-0.25, -0.2) is 4.79 Å². The fourth-order valence-corrected chi connectivity index (χ4v) is 1.87. The van der Waals surface area contributed by atoms with E-state index in [1.807, 2.05) is 37.3 Å². The molecule has 0 radical (unpaired) electrons. The molecule has 0 spiro atoms. The Balaban J connectivity index is 2.84. The van der Waals surface area contributed by atoms with Crippen LogP contribution in [0.15, 0.2) is 30.3 Å². The number of hydrogen-bond donors (Lipinski definition) is 2. The molecule has 0 aliphatic rings. The van der Waals surface area contributed by atoms with Crippen LogP contribution in [-0.4, -0.2) is 23.0 Å². The Morgan fingerprint density at radius 2 is 1.84 bits per heavy atom. The first kappa shape index (κ1) is 15.2. The fourth-order valence-electron chi connectivity index (χ4n) is 1.87. The predicted octanol–water partition coefficient (Wildman–Crippen LogP) is 2.33. The molecule has 2 N–H and O–H groups in total. The predicted molar refractivity (Wildman–Crippen MR) is 73.9 cm³/mol. The van der Waals surface area contributed by atoms with Crippen molar-refractivity contribution < 1.29 is 14.7 Å². The number of carbonyl (C=O) groups excluding carboxylic acids is 1. The summed E-state index contributed by atoms with van der Waals surface area (Å²) in [6.07, 6.45) is 1.15. The minimum Gasteiger partial charge on any atom is -0.480 e. The third-order valence-corrected chi connectivity index (χ3v) is 3.24. The molecule has 1 atom stereocenters. The number of carboxylic acids is 1. The van der Waals surface area contributed by atoms with E-state index in [-0.39, 0.29) is 5.91 Å². The molecule has 4 heteroatoms. The summed E-state index contributed by atoms with van der Waals surface area (Å²) in [5.41, 5.74) is 0.121. The van der Waals surface area contributed by atoms with Crippen LogP contribution in [0.25, 0.3) is 0 Å². The summed E-state index contributed by atoms with van der Waals surface area (Å²) in [6, 6.07) is 8.54. The van der Waals surface area contributed by atoms with Crippen molar-refractivity contribution in [1.82, 2.24) is 5.32 Å². The molecule has 0 aromatic heterocycles. The molecule has 0 saturated carbocycles. The van der Waals surface area contributed by atoms with Crippen LogP contribution < -0.4 is 5.32 Å². The Morgan fingerprint density at radius 1 is 1.26 bits per heavy atom. The lowest BCUT2D eigenvalue weighted by atomic mass is 9.83. The monoisotopic (exact) mass is 263 g/mol. The second kappa shape index (κ2) is 6.36. The topological polar surface area (TPSA) is 66.4 Å². The summed E-state index contributed by atoms with van der Waals surface area (Å²) in [5, 5.41) is 11.7. The van der Waals surface area contributed by atoms with Crippen molar-refractivity contribution in [2.75, 3.05) is 0 Å². The van der Waals surface area contributed by atoms with Crippen molar-refractivity contribution in [3.05, 3.63) is 35.9 Å². The summed E-state index contributed by atoms with van der Waals surface area (Å²) in [7, 11) is 0. The van der Waals surface area contributed by atoms with Crippen molar-refractivity contribution >= 4 is 11.9 Å². The maximum Gasteiger partial charge on any atom is 0.326 e. The van der Waals surface area contributed by atoms with E-state index >= 15 is 0 Å². The third-order valence-electron chi connectivity index (χ3n) is 3.24. The number of hydrogen-bond acceptors (Lipinski definition) is 2. The molecule has 0 bridgehead atoms. The van der Waals surface area contributed by atoms with Crippen LogP contribution in [0.2, 0.25) is 0 Å². The molecular weight excluding hydrogens is 242 g/mol. The summed E-state index contributed by atoms with van der Waals surface area (Å²) < 4.78 is 0. The third kappa shape index (κ3) is 3.81. The highest BCUT2D eigenvalue weighted by atomic mass is 16.4. The molecule has 0 heterocycles. The highest BCUT2D eigenvalue weighted by Crippen LogP contribution is 2.23. The minimum atomic E-state index is -0.987. The van der Waals surface area contributed by atoms with Crippen molar-refractivity contribution in [2.24, 2.45) is 0 Å². The van der Waals surface area contributed by atoms with Gasteiger partial charge in [-0.2, -0.15) is 0 Å². The van der Waals surface area contributed by atoms with E-state index in [1.165, 1.54) is 0 Å². The Bertz CT molecular complexity index is 440. The van der Waals surface area contributed by atoms with Crippen molar-refractivity contribution in [2.45, 2.75) is 45.1 Å². The van der Waals surface area contributed by atoms with Gasteiger partial charge in [-0.3, -0.25) is 4.79 Å². The maximum absolute atomic E-state index is 12.3. The van der Waals surface area contributed by atoms with Crippen molar-refractivity contribution in [1.29, 1.82) is 0 Å². The van der Waals surface area contributed by atoms with Gasteiger partial charge in [-0.05, 0) is 25.8 Å². The second-order valence-corrected chi connectivity index (χ2v) is 5.14. The zero-order valence-corrected chi connectivity index (χ0v) is 11.6. The van der Waals surface area contributed by atoms with E-state index in [4.69, 9.17) is 5.11 Å². The number of carbonyl (C=O) groups is 2. The van der Waals surface area contributed by atoms with Crippen LogP contribution in [-0.2, 0) is 15.0 Å². The van der Waals surface area contributed by atoms with Gasteiger partial charge in [0.15, 0.2) is 0 Å². The Morgan fingerprint density at radius 3 is 2.32 bits per heavy atom. The lowest BCUT2D eigenvalue weighted by molar-refractivity contribution is -0.142. The molecule has 0 fully saturated rings. The molecule has 1 amide bonds. The van der Waals surface area contributed by atoms with Gasteiger partial charge >= 0.3 is 5.97 Å². The number of amides is 1. The summed E-state index contributed by atoms with van der Waals surface area (Å²) in [6.45, 7) is 5.48. The molecule has 4 nitrogen and oxygen atoms in total.